The monoisotopic (exact) mass is 298 g/mol. The van der Waals surface area contributed by atoms with Gasteiger partial charge in [0, 0.05) is 51.5 Å². The van der Waals surface area contributed by atoms with Crippen molar-refractivity contribution in [3.05, 3.63) is 34.2 Å². The summed E-state index contributed by atoms with van der Waals surface area (Å²) in [6, 6.07) is 5.37. The normalized spacial score (nSPS) is 26.3. The molecule has 3 heterocycles. The molecule has 0 N–H and O–H groups in total. The van der Waals surface area contributed by atoms with E-state index in [0.29, 0.717) is 25.6 Å². The Morgan fingerprint density at radius 1 is 1.20 bits per heavy atom. The second-order valence-corrected chi connectivity index (χ2v) is 7.64. The summed E-state index contributed by atoms with van der Waals surface area (Å²) in [7, 11) is -0.369. The number of aromatic nitrogens is 1. The molecule has 1 aromatic heterocycles. The molecule has 1 saturated heterocycles. The Balaban J connectivity index is 1.95. The van der Waals surface area contributed by atoms with E-state index in [1.807, 2.05) is 10.6 Å². The van der Waals surface area contributed by atoms with Crippen LogP contribution in [0.3, 0.4) is 0 Å². The first kappa shape index (κ1) is 14.0. The number of nitrogens with zero attached hydrogens (tertiary/aromatic N) is 2. The summed E-state index contributed by atoms with van der Waals surface area (Å²) in [4.78, 5) is 11.9. The SMILES string of the molecule is COP(=O)(OC)N1CC2CC(C1)c1cccc(=O)n1C2. The third-order valence-corrected chi connectivity index (χ3v) is 6.21. The molecular weight excluding hydrogens is 279 g/mol. The molecule has 0 radical (unpaired) electrons. The van der Waals surface area contributed by atoms with Gasteiger partial charge in [0.25, 0.3) is 5.56 Å². The third kappa shape index (κ3) is 2.17. The average Bonchev–Trinajstić information content (AvgIpc) is 2.47. The zero-order valence-corrected chi connectivity index (χ0v) is 12.6. The van der Waals surface area contributed by atoms with Crippen molar-refractivity contribution in [3.63, 3.8) is 0 Å². The van der Waals surface area contributed by atoms with E-state index in [2.05, 4.69) is 0 Å². The zero-order valence-electron chi connectivity index (χ0n) is 11.7. The molecule has 0 amide bonds. The van der Waals surface area contributed by atoms with E-state index in [9.17, 15) is 9.36 Å². The minimum absolute atomic E-state index is 0.0484. The molecule has 0 aromatic carbocycles. The lowest BCUT2D eigenvalue weighted by Gasteiger charge is -2.43. The average molecular weight is 298 g/mol. The van der Waals surface area contributed by atoms with E-state index in [-0.39, 0.29) is 11.5 Å². The fourth-order valence-electron chi connectivity index (χ4n) is 3.38. The maximum atomic E-state index is 12.5. The van der Waals surface area contributed by atoms with Crippen molar-refractivity contribution in [2.75, 3.05) is 27.3 Å². The first-order valence-corrected chi connectivity index (χ1v) is 8.23. The molecule has 2 atom stereocenters. The van der Waals surface area contributed by atoms with Crippen LogP contribution in [0.15, 0.2) is 23.0 Å². The highest BCUT2D eigenvalue weighted by Gasteiger charge is 2.42. The maximum absolute atomic E-state index is 12.5. The molecule has 0 spiro atoms. The van der Waals surface area contributed by atoms with Gasteiger partial charge in [-0.2, -0.15) is 0 Å². The first-order chi connectivity index (χ1) is 9.57. The zero-order chi connectivity index (χ0) is 14.3. The van der Waals surface area contributed by atoms with Crippen LogP contribution in [0.25, 0.3) is 0 Å². The van der Waals surface area contributed by atoms with Gasteiger partial charge in [0.15, 0.2) is 0 Å². The van der Waals surface area contributed by atoms with Gasteiger partial charge in [-0.3, -0.25) is 13.8 Å². The predicted octanol–water partition coefficient (Wildman–Crippen LogP) is 1.67. The Morgan fingerprint density at radius 3 is 2.65 bits per heavy atom. The van der Waals surface area contributed by atoms with Gasteiger partial charge in [0.05, 0.1) is 0 Å². The number of pyridine rings is 1. The van der Waals surface area contributed by atoms with Gasteiger partial charge in [-0.25, -0.2) is 9.24 Å². The Morgan fingerprint density at radius 2 is 1.95 bits per heavy atom. The molecule has 1 fully saturated rings. The number of fused-ring (bicyclic) bond motifs is 4. The second-order valence-electron chi connectivity index (χ2n) is 5.40. The van der Waals surface area contributed by atoms with Crippen molar-refractivity contribution < 1.29 is 13.6 Å². The molecule has 7 heteroatoms. The van der Waals surface area contributed by atoms with Crippen molar-refractivity contribution in [1.82, 2.24) is 9.24 Å². The summed E-state index contributed by atoms with van der Waals surface area (Å²) in [6.45, 7) is 1.91. The Kier molecular flexibility index (Phi) is 3.58. The summed E-state index contributed by atoms with van der Waals surface area (Å²) >= 11 is 0. The second kappa shape index (κ2) is 5.11. The Hall–Kier alpha value is -0.940. The Bertz CT molecular complexity index is 607. The standard InChI is InChI=1S/C13H19N2O4P/c1-18-20(17,19-2)14-7-10-6-11(9-14)12-4-3-5-13(16)15(12)8-10/h3-5,10-11H,6-9H2,1-2H3. The van der Waals surface area contributed by atoms with E-state index >= 15 is 0 Å². The first-order valence-electron chi connectivity index (χ1n) is 6.74. The summed E-state index contributed by atoms with van der Waals surface area (Å²) in [5, 5.41) is 0. The summed E-state index contributed by atoms with van der Waals surface area (Å²) < 4.78 is 26.4. The highest BCUT2D eigenvalue weighted by Crippen LogP contribution is 2.54. The van der Waals surface area contributed by atoms with E-state index in [1.165, 1.54) is 14.2 Å². The topological polar surface area (TPSA) is 60.8 Å². The predicted molar refractivity (Wildman–Crippen MR) is 74.7 cm³/mol. The minimum atomic E-state index is -3.19. The van der Waals surface area contributed by atoms with Crippen LogP contribution >= 0.6 is 7.75 Å². The van der Waals surface area contributed by atoms with Crippen LogP contribution in [-0.4, -0.2) is 36.5 Å². The molecule has 0 aliphatic carbocycles. The molecule has 2 bridgehead atoms. The largest absolute Gasteiger partial charge is 0.407 e. The van der Waals surface area contributed by atoms with Crippen molar-refractivity contribution in [1.29, 1.82) is 0 Å². The number of rotatable bonds is 3. The molecule has 6 nitrogen and oxygen atoms in total. The van der Waals surface area contributed by atoms with Crippen molar-refractivity contribution in [2.45, 2.75) is 18.9 Å². The molecule has 1 aromatic rings. The van der Waals surface area contributed by atoms with Gasteiger partial charge in [-0.05, 0) is 18.4 Å². The highest BCUT2D eigenvalue weighted by molar-refractivity contribution is 7.51. The fraction of sp³-hybridized carbons (Fsp3) is 0.615. The van der Waals surface area contributed by atoms with Crippen molar-refractivity contribution in [2.24, 2.45) is 5.92 Å². The van der Waals surface area contributed by atoms with Gasteiger partial charge in [0.2, 0.25) is 0 Å². The van der Waals surface area contributed by atoms with E-state index in [1.54, 1.807) is 16.8 Å². The Labute approximate surface area is 117 Å². The number of hydrogen-bond acceptors (Lipinski definition) is 4. The smallest absolute Gasteiger partial charge is 0.312 e. The molecule has 3 rings (SSSR count). The van der Waals surface area contributed by atoms with Crippen LogP contribution in [0.5, 0.6) is 0 Å². The lowest BCUT2D eigenvalue weighted by molar-refractivity contribution is 0.134. The number of hydrogen-bond donors (Lipinski definition) is 0. The van der Waals surface area contributed by atoms with E-state index in [0.717, 1.165) is 12.1 Å². The van der Waals surface area contributed by atoms with Crippen molar-refractivity contribution in [3.8, 4) is 0 Å². The van der Waals surface area contributed by atoms with Crippen LogP contribution in [-0.2, 0) is 20.2 Å². The molecule has 110 valence electrons. The van der Waals surface area contributed by atoms with Gasteiger partial charge in [-0.15, -0.1) is 0 Å². The van der Waals surface area contributed by atoms with Crippen LogP contribution in [0.2, 0.25) is 0 Å². The lowest BCUT2D eigenvalue weighted by atomic mass is 9.84. The summed E-state index contributed by atoms with van der Waals surface area (Å²) in [5.41, 5.74) is 1.07. The molecule has 2 aliphatic heterocycles. The van der Waals surface area contributed by atoms with Crippen LogP contribution in [0.1, 0.15) is 18.0 Å². The minimum Gasteiger partial charge on any atom is -0.312 e. The van der Waals surface area contributed by atoms with E-state index in [4.69, 9.17) is 9.05 Å². The molecular formula is C13H19N2O4P. The van der Waals surface area contributed by atoms with Gasteiger partial charge < -0.3 is 4.57 Å². The fourth-order valence-corrected chi connectivity index (χ4v) is 4.82. The van der Waals surface area contributed by atoms with Crippen molar-refractivity contribution >= 4 is 7.75 Å². The molecule has 2 aliphatic rings. The number of piperidine rings is 1. The quantitative estimate of drug-likeness (QED) is 0.794. The van der Waals surface area contributed by atoms with Gasteiger partial charge in [-0.1, -0.05) is 6.07 Å². The third-order valence-electron chi connectivity index (χ3n) is 4.27. The molecule has 2 unspecified atom stereocenters. The maximum Gasteiger partial charge on any atom is 0.407 e. The summed E-state index contributed by atoms with van der Waals surface area (Å²) in [5.74, 6) is 0.509. The van der Waals surface area contributed by atoms with E-state index < -0.39 is 7.75 Å². The molecule has 0 saturated carbocycles. The van der Waals surface area contributed by atoms with Gasteiger partial charge in [0.1, 0.15) is 0 Å². The van der Waals surface area contributed by atoms with Crippen LogP contribution in [0, 0.1) is 5.92 Å². The lowest BCUT2D eigenvalue weighted by Crippen LogP contribution is -2.46. The van der Waals surface area contributed by atoms with Gasteiger partial charge >= 0.3 is 7.75 Å². The molecule has 20 heavy (non-hydrogen) atoms. The van der Waals surface area contributed by atoms with Crippen LogP contribution in [0.4, 0.5) is 0 Å². The van der Waals surface area contributed by atoms with Crippen LogP contribution < -0.4 is 5.56 Å². The summed E-state index contributed by atoms with van der Waals surface area (Å²) in [6.07, 6.45) is 1.02. The highest BCUT2D eigenvalue weighted by atomic mass is 31.2.